The highest BCUT2D eigenvalue weighted by molar-refractivity contribution is 14.0. The predicted molar refractivity (Wildman–Crippen MR) is 118 cm³/mol. The van der Waals surface area contributed by atoms with Crippen LogP contribution in [0.15, 0.2) is 39.9 Å². The molecular formula is C18H27IN4OS. The second kappa shape index (κ2) is 12.2. The highest BCUT2D eigenvalue weighted by atomic mass is 127. The van der Waals surface area contributed by atoms with E-state index in [2.05, 4.69) is 52.8 Å². The van der Waals surface area contributed by atoms with Gasteiger partial charge < -0.3 is 15.1 Å². The van der Waals surface area contributed by atoms with E-state index >= 15 is 0 Å². The molecule has 1 heterocycles. The van der Waals surface area contributed by atoms with Crippen LogP contribution in [0.1, 0.15) is 24.6 Å². The summed E-state index contributed by atoms with van der Waals surface area (Å²) in [7, 11) is 0. The number of rotatable bonds is 8. The van der Waals surface area contributed by atoms with Crippen molar-refractivity contribution in [3.8, 4) is 11.5 Å². The van der Waals surface area contributed by atoms with Gasteiger partial charge >= 0.3 is 0 Å². The van der Waals surface area contributed by atoms with Crippen molar-refractivity contribution in [2.75, 3.05) is 25.1 Å². The van der Waals surface area contributed by atoms with Crippen LogP contribution in [0.25, 0.3) is 11.5 Å². The molecule has 0 unspecified atom stereocenters. The Hall–Kier alpha value is -1.22. The number of nitrogens with zero attached hydrogens (tertiary/aromatic N) is 2. The number of hydrogen-bond donors (Lipinski definition) is 2. The topological polar surface area (TPSA) is 62.5 Å². The Balaban J connectivity index is 0.00000312. The smallest absolute Gasteiger partial charge is 0.226 e. The zero-order valence-electron chi connectivity index (χ0n) is 15.0. The van der Waals surface area contributed by atoms with E-state index < -0.39 is 0 Å². The zero-order valence-corrected chi connectivity index (χ0v) is 18.2. The van der Waals surface area contributed by atoms with Gasteiger partial charge in [0.25, 0.3) is 0 Å². The summed E-state index contributed by atoms with van der Waals surface area (Å²) in [5.74, 6) is 2.60. The van der Waals surface area contributed by atoms with Crippen LogP contribution >= 0.6 is 35.7 Å². The SMILES string of the molecule is CCNC(=NCc1coc(-c2ccc(C)cc2)n1)NCCCSC.I. The van der Waals surface area contributed by atoms with Crippen LogP contribution in [0, 0.1) is 6.92 Å². The molecule has 1 aromatic heterocycles. The van der Waals surface area contributed by atoms with Gasteiger partial charge in [0.15, 0.2) is 5.96 Å². The monoisotopic (exact) mass is 474 g/mol. The lowest BCUT2D eigenvalue weighted by atomic mass is 10.1. The van der Waals surface area contributed by atoms with Crippen LogP contribution in [0.5, 0.6) is 0 Å². The molecule has 0 atom stereocenters. The van der Waals surface area contributed by atoms with E-state index in [1.165, 1.54) is 5.56 Å². The molecule has 7 heteroatoms. The first-order valence-corrected chi connectivity index (χ1v) is 9.65. The molecule has 0 aliphatic carbocycles. The maximum atomic E-state index is 5.57. The Morgan fingerprint density at radius 3 is 2.68 bits per heavy atom. The summed E-state index contributed by atoms with van der Waals surface area (Å²) in [6.45, 7) is 6.37. The maximum Gasteiger partial charge on any atom is 0.226 e. The van der Waals surface area contributed by atoms with Gasteiger partial charge in [0.05, 0.1) is 6.54 Å². The highest BCUT2D eigenvalue weighted by Gasteiger charge is 2.06. The molecule has 0 saturated carbocycles. The van der Waals surface area contributed by atoms with Crippen LogP contribution in [-0.4, -0.2) is 36.0 Å². The summed E-state index contributed by atoms with van der Waals surface area (Å²) in [5.41, 5.74) is 3.03. The third-order valence-corrected chi connectivity index (χ3v) is 4.11. The van der Waals surface area contributed by atoms with E-state index in [-0.39, 0.29) is 24.0 Å². The number of aryl methyl sites for hydroxylation is 1. The molecule has 0 aliphatic rings. The quantitative estimate of drug-likeness (QED) is 0.261. The molecule has 0 bridgehead atoms. The van der Waals surface area contributed by atoms with Gasteiger partial charge in [-0.15, -0.1) is 24.0 Å². The van der Waals surface area contributed by atoms with Gasteiger partial charge in [-0.3, -0.25) is 0 Å². The summed E-state index contributed by atoms with van der Waals surface area (Å²) in [4.78, 5) is 9.09. The van der Waals surface area contributed by atoms with Crippen molar-refractivity contribution in [1.29, 1.82) is 0 Å². The Kier molecular flexibility index (Phi) is 10.6. The maximum absolute atomic E-state index is 5.57. The first-order valence-electron chi connectivity index (χ1n) is 8.25. The Labute approximate surface area is 171 Å². The summed E-state index contributed by atoms with van der Waals surface area (Å²) in [6.07, 6.45) is 4.92. The van der Waals surface area contributed by atoms with Crippen LogP contribution in [-0.2, 0) is 6.54 Å². The average Bonchev–Trinajstić information content (AvgIpc) is 3.06. The number of aromatic nitrogens is 1. The van der Waals surface area contributed by atoms with Gasteiger partial charge in [-0.05, 0) is 44.4 Å². The number of thioether (sulfide) groups is 1. The normalized spacial score (nSPS) is 11.1. The second-order valence-corrected chi connectivity index (χ2v) is 6.46. The lowest BCUT2D eigenvalue weighted by molar-refractivity contribution is 0.572. The largest absolute Gasteiger partial charge is 0.444 e. The van der Waals surface area contributed by atoms with Crippen molar-refractivity contribution >= 4 is 41.7 Å². The first-order chi connectivity index (χ1) is 11.7. The lowest BCUT2D eigenvalue weighted by Gasteiger charge is -2.10. The molecular weight excluding hydrogens is 447 g/mol. The van der Waals surface area contributed by atoms with Gasteiger partial charge in [0, 0.05) is 18.7 Å². The molecule has 25 heavy (non-hydrogen) atoms. The summed E-state index contributed by atoms with van der Waals surface area (Å²) in [6, 6.07) is 8.15. The number of halogens is 1. The number of oxazole rings is 1. The predicted octanol–water partition coefficient (Wildman–Crippen LogP) is 4.08. The molecule has 0 radical (unpaired) electrons. The lowest BCUT2D eigenvalue weighted by Crippen LogP contribution is -2.37. The van der Waals surface area contributed by atoms with Crippen LogP contribution < -0.4 is 10.6 Å². The molecule has 2 aromatic rings. The molecule has 2 rings (SSSR count). The van der Waals surface area contributed by atoms with Crippen molar-refractivity contribution in [3.05, 3.63) is 41.8 Å². The van der Waals surface area contributed by atoms with E-state index in [0.29, 0.717) is 12.4 Å². The van der Waals surface area contributed by atoms with E-state index in [0.717, 1.165) is 42.5 Å². The van der Waals surface area contributed by atoms with E-state index in [4.69, 9.17) is 4.42 Å². The van der Waals surface area contributed by atoms with Crippen molar-refractivity contribution in [3.63, 3.8) is 0 Å². The Morgan fingerprint density at radius 2 is 2.00 bits per heavy atom. The number of benzene rings is 1. The molecule has 138 valence electrons. The zero-order chi connectivity index (χ0) is 17.2. The molecule has 0 fully saturated rings. The first kappa shape index (κ1) is 21.8. The Morgan fingerprint density at radius 1 is 1.24 bits per heavy atom. The number of hydrogen-bond acceptors (Lipinski definition) is 4. The van der Waals surface area contributed by atoms with E-state index in [1.807, 2.05) is 23.9 Å². The fraction of sp³-hybridized carbons (Fsp3) is 0.444. The molecule has 0 saturated heterocycles. The third-order valence-electron chi connectivity index (χ3n) is 3.41. The minimum Gasteiger partial charge on any atom is -0.444 e. The van der Waals surface area contributed by atoms with Crippen molar-refractivity contribution < 1.29 is 4.42 Å². The average molecular weight is 474 g/mol. The van der Waals surface area contributed by atoms with Gasteiger partial charge in [0.1, 0.15) is 12.0 Å². The number of nitrogens with one attached hydrogen (secondary N) is 2. The fourth-order valence-corrected chi connectivity index (χ4v) is 2.57. The van der Waals surface area contributed by atoms with Crippen molar-refractivity contribution in [1.82, 2.24) is 15.6 Å². The second-order valence-electron chi connectivity index (χ2n) is 5.48. The molecule has 0 amide bonds. The Bertz CT molecular complexity index is 643. The number of guanidine groups is 1. The minimum atomic E-state index is 0. The van der Waals surface area contributed by atoms with Gasteiger partial charge in [-0.1, -0.05) is 17.7 Å². The summed E-state index contributed by atoms with van der Waals surface area (Å²) < 4.78 is 5.57. The van der Waals surface area contributed by atoms with Crippen molar-refractivity contribution in [2.45, 2.75) is 26.8 Å². The molecule has 0 spiro atoms. The summed E-state index contributed by atoms with van der Waals surface area (Å²) >= 11 is 1.86. The highest BCUT2D eigenvalue weighted by Crippen LogP contribution is 2.19. The fourth-order valence-electron chi connectivity index (χ4n) is 2.13. The van der Waals surface area contributed by atoms with Crippen LogP contribution in [0.3, 0.4) is 0 Å². The standard InChI is InChI=1S/C18H26N4OS.HI/c1-4-19-18(20-10-5-11-24-3)21-12-16-13-23-17(22-16)15-8-6-14(2)7-9-15;/h6-9,13H,4-5,10-12H2,1-3H3,(H2,19,20,21);1H. The van der Waals surface area contributed by atoms with E-state index in [9.17, 15) is 0 Å². The van der Waals surface area contributed by atoms with Gasteiger partial charge in [-0.2, -0.15) is 11.8 Å². The minimum absolute atomic E-state index is 0. The third kappa shape index (κ3) is 7.68. The molecule has 1 aromatic carbocycles. The van der Waals surface area contributed by atoms with E-state index in [1.54, 1.807) is 6.26 Å². The molecule has 5 nitrogen and oxygen atoms in total. The molecule has 2 N–H and O–H groups in total. The number of aliphatic imine (C=N–C) groups is 1. The van der Waals surface area contributed by atoms with Gasteiger partial charge in [0.2, 0.25) is 5.89 Å². The van der Waals surface area contributed by atoms with Crippen molar-refractivity contribution in [2.24, 2.45) is 4.99 Å². The molecule has 0 aliphatic heterocycles. The van der Waals surface area contributed by atoms with Gasteiger partial charge in [-0.25, -0.2) is 9.98 Å². The van der Waals surface area contributed by atoms with Crippen LogP contribution in [0.2, 0.25) is 0 Å². The van der Waals surface area contributed by atoms with Crippen LogP contribution in [0.4, 0.5) is 0 Å². The summed E-state index contributed by atoms with van der Waals surface area (Å²) in [5, 5.41) is 6.59.